The molecule has 0 atom stereocenters. The Morgan fingerprint density at radius 1 is 1.20 bits per heavy atom. The summed E-state index contributed by atoms with van der Waals surface area (Å²) < 4.78 is 7.64. The van der Waals surface area contributed by atoms with Crippen LogP contribution in [0.3, 0.4) is 0 Å². The fraction of sp³-hybridized carbons (Fsp3) is 0.160. The van der Waals surface area contributed by atoms with Gasteiger partial charge in [-0.15, -0.1) is 0 Å². The van der Waals surface area contributed by atoms with Gasteiger partial charge in [-0.1, -0.05) is 64.8 Å². The van der Waals surface area contributed by atoms with Crippen molar-refractivity contribution in [3.8, 4) is 5.75 Å². The molecule has 0 amide bonds. The van der Waals surface area contributed by atoms with Crippen molar-refractivity contribution in [1.82, 2.24) is 9.66 Å². The number of hydrogen-bond donors (Lipinski definition) is 0. The summed E-state index contributed by atoms with van der Waals surface area (Å²) in [7, 11) is 0. The van der Waals surface area contributed by atoms with Crippen LogP contribution in [0.25, 0.3) is 10.9 Å². The van der Waals surface area contributed by atoms with Gasteiger partial charge in [0.1, 0.15) is 12.4 Å². The molecule has 1 heterocycles. The Labute approximate surface area is 214 Å². The molecule has 0 aliphatic rings. The Morgan fingerprint density at radius 2 is 1.97 bits per heavy atom. The van der Waals surface area contributed by atoms with Gasteiger partial charge < -0.3 is 4.74 Å². The van der Waals surface area contributed by atoms with E-state index in [0.29, 0.717) is 28.7 Å². The van der Waals surface area contributed by atoms with Crippen LogP contribution in [0.1, 0.15) is 30.3 Å². The fourth-order valence-corrected chi connectivity index (χ4v) is 4.14. The van der Waals surface area contributed by atoms with E-state index in [0.717, 1.165) is 16.5 Å². The zero-order valence-corrected chi connectivity index (χ0v) is 21.0. The molecule has 0 N–H and O–H groups in total. The van der Waals surface area contributed by atoms with Crippen molar-refractivity contribution in [3.05, 3.63) is 108 Å². The van der Waals surface area contributed by atoms with Crippen molar-refractivity contribution < 1.29 is 9.66 Å². The van der Waals surface area contributed by atoms with E-state index in [-0.39, 0.29) is 28.6 Å². The van der Waals surface area contributed by atoms with Gasteiger partial charge in [-0.3, -0.25) is 14.9 Å². The van der Waals surface area contributed by atoms with Crippen LogP contribution in [-0.4, -0.2) is 20.8 Å². The summed E-state index contributed by atoms with van der Waals surface area (Å²) in [6.07, 6.45) is 2.65. The van der Waals surface area contributed by atoms with Gasteiger partial charge in [0.05, 0.1) is 27.1 Å². The fourth-order valence-electron chi connectivity index (χ4n) is 3.51. The number of fused-ring (bicyclic) bond motifs is 1. The molecule has 0 aliphatic carbocycles. The van der Waals surface area contributed by atoms with Gasteiger partial charge in [0.2, 0.25) is 5.75 Å². The number of hydrogen-bond acceptors (Lipinski definition) is 6. The van der Waals surface area contributed by atoms with E-state index in [4.69, 9.17) is 16.3 Å². The Hall–Kier alpha value is -3.56. The lowest BCUT2D eigenvalue weighted by Gasteiger charge is -2.10. The topological polar surface area (TPSA) is 99.6 Å². The smallest absolute Gasteiger partial charge is 0.313 e. The van der Waals surface area contributed by atoms with Gasteiger partial charge >= 0.3 is 5.69 Å². The Morgan fingerprint density at radius 3 is 2.69 bits per heavy atom. The highest BCUT2D eigenvalue weighted by atomic mass is 79.9. The van der Waals surface area contributed by atoms with Crippen LogP contribution in [0.2, 0.25) is 5.02 Å². The minimum Gasteiger partial charge on any atom is -0.481 e. The molecule has 0 fully saturated rings. The van der Waals surface area contributed by atoms with Gasteiger partial charge in [0, 0.05) is 22.5 Å². The quantitative estimate of drug-likeness (QED) is 0.148. The predicted octanol–water partition coefficient (Wildman–Crippen LogP) is 6.13. The summed E-state index contributed by atoms with van der Waals surface area (Å²) >= 11 is 9.73. The van der Waals surface area contributed by atoms with Crippen molar-refractivity contribution >= 4 is 50.3 Å². The van der Waals surface area contributed by atoms with Gasteiger partial charge in [-0.2, -0.15) is 9.78 Å². The number of benzene rings is 3. The molecule has 0 radical (unpaired) electrons. The predicted molar refractivity (Wildman–Crippen MR) is 140 cm³/mol. The molecule has 3 aromatic carbocycles. The summed E-state index contributed by atoms with van der Waals surface area (Å²) in [6.45, 7) is 2.10. The van der Waals surface area contributed by atoms with Crippen molar-refractivity contribution in [2.24, 2.45) is 5.10 Å². The molecule has 4 rings (SSSR count). The standard InChI is InChI=1S/C25H20BrClN4O4/c1-2-6-23-29-21-10-9-18(26)13-19(21)25(32)30(23)28-14-17-11-20(27)24(22(12-17)31(33)34)35-15-16-7-4-3-5-8-16/h3-5,7-14H,2,6,15H2,1H3. The molecule has 35 heavy (non-hydrogen) atoms. The minimum absolute atomic E-state index is 0.0290. The van der Waals surface area contributed by atoms with Crippen LogP contribution in [0.5, 0.6) is 5.75 Å². The lowest BCUT2D eigenvalue weighted by molar-refractivity contribution is -0.385. The van der Waals surface area contributed by atoms with E-state index < -0.39 is 4.92 Å². The van der Waals surface area contributed by atoms with Gasteiger partial charge in [0.25, 0.3) is 5.56 Å². The van der Waals surface area contributed by atoms with Crippen molar-refractivity contribution in [1.29, 1.82) is 0 Å². The van der Waals surface area contributed by atoms with Crippen LogP contribution in [-0.2, 0) is 13.0 Å². The Balaban J connectivity index is 1.72. The summed E-state index contributed by atoms with van der Waals surface area (Å²) in [4.78, 5) is 28.9. The summed E-state index contributed by atoms with van der Waals surface area (Å²) in [5.41, 5.74) is 1.14. The third-order valence-electron chi connectivity index (χ3n) is 5.14. The first-order chi connectivity index (χ1) is 16.9. The van der Waals surface area contributed by atoms with E-state index in [1.165, 1.54) is 23.0 Å². The third kappa shape index (κ3) is 5.58. The van der Waals surface area contributed by atoms with Gasteiger partial charge in [-0.25, -0.2) is 4.98 Å². The SMILES string of the molecule is CCCc1nc2ccc(Br)cc2c(=O)n1N=Cc1cc(Cl)c(OCc2ccccc2)c([N+](=O)[O-])c1. The average Bonchev–Trinajstić information content (AvgIpc) is 2.84. The normalized spacial score (nSPS) is 11.3. The number of nitro groups is 1. The molecule has 0 aliphatic heterocycles. The molecule has 8 nitrogen and oxygen atoms in total. The first-order valence-corrected chi connectivity index (χ1v) is 11.9. The van der Waals surface area contributed by atoms with Crippen molar-refractivity contribution in [2.45, 2.75) is 26.4 Å². The van der Waals surface area contributed by atoms with Crippen LogP contribution < -0.4 is 10.3 Å². The highest BCUT2D eigenvalue weighted by Crippen LogP contribution is 2.36. The Bertz CT molecular complexity index is 1490. The van der Waals surface area contributed by atoms with Crippen LogP contribution in [0.15, 0.2) is 75.0 Å². The number of ether oxygens (including phenoxy) is 1. The molecule has 0 unspecified atom stereocenters. The maximum absolute atomic E-state index is 13.1. The molecule has 0 spiro atoms. The maximum Gasteiger partial charge on any atom is 0.313 e. The monoisotopic (exact) mass is 554 g/mol. The molecule has 4 aromatic rings. The molecule has 1 aromatic heterocycles. The first-order valence-electron chi connectivity index (χ1n) is 10.8. The number of nitrogens with zero attached hydrogens (tertiary/aromatic N) is 4. The lowest BCUT2D eigenvalue weighted by Crippen LogP contribution is -2.22. The highest BCUT2D eigenvalue weighted by Gasteiger charge is 2.21. The average molecular weight is 556 g/mol. The maximum atomic E-state index is 13.1. The van der Waals surface area contributed by atoms with Gasteiger partial charge in [-0.05, 0) is 36.2 Å². The first kappa shape index (κ1) is 24.6. The second-order valence-corrected chi connectivity index (χ2v) is 9.01. The minimum atomic E-state index is -0.562. The number of halogens is 2. The number of nitro benzene ring substituents is 1. The third-order valence-corrected chi connectivity index (χ3v) is 5.91. The summed E-state index contributed by atoms with van der Waals surface area (Å²) in [5, 5.41) is 16.5. The molecule has 10 heteroatoms. The van der Waals surface area contributed by atoms with Crippen LogP contribution >= 0.6 is 27.5 Å². The number of aryl methyl sites for hydroxylation is 1. The molecular weight excluding hydrogens is 536 g/mol. The Kier molecular flexibility index (Phi) is 7.57. The highest BCUT2D eigenvalue weighted by molar-refractivity contribution is 9.10. The second-order valence-electron chi connectivity index (χ2n) is 7.68. The largest absolute Gasteiger partial charge is 0.481 e. The zero-order valence-electron chi connectivity index (χ0n) is 18.6. The van der Waals surface area contributed by atoms with Crippen LogP contribution in [0.4, 0.5) is 5.69 Å². The second kappa shape index (κ2) is 10.8. The van der Waals surface area contributed by atoms with Crippen molar-refractivity contribution in [3.63, 3.8) is 0 Å². The van der Waals surface area contributed by atoms with Crippen LogP contribution in [0, 0.1) is 10.1 Å². The molecule has 178 valence electrons. The molecule has 0 bridgehead atoms. The molecule has 0 saturated heterocycles. The number of aromatic nitrogens is 2. The molecule has 0 saturated carbocycles. The summed E-state index contributed by atoms with van der Waals surface area (Å²) in [5.74, 6) is 0.464. The van der Waals surface area contributed by atoms with Gasteiger partial charge in [0.15, 0.2) is 0 Å². The van der Waals surface area contributed by atoms with E-state index in [1.54, 1.807) is 12.1 Å². The van der Waals surface area contributed by atoms with E-state index >= 15 is 0 Å². The van der Waals surface area contributed by atoms with E-state index in [9.17, 15) is 14.9 Å². The van der Waals surface area contributed by atoms with E-state index in [2.05, 4.69) is 26.0 Å². The van der Waals surface area contributed by atoms with Crippen molar-refractivity contribution in [2.75, 3.05) is 0 Å². The molecular formula is C25H20BrClN4O4. The number of rotatable bonds is 8. The summed E-state index contributed by atoms with van der Waals surface area (Å²) in [6, 6.07) is 17.4. The lowest BCUT2D eigenvalue weighted by atomic mass is 10.2. The zero-order chi connectivity index (χ0) is 24.9. The van der Waals surface area contributed by atoms with E-state index in [1.807, 2.05) is 43.3 Å².